The van der Waals surface area contributed by atoms with Gasteiger partial charge in [-0.2, -0.15) is 0 Å². The Morgan fingerprint density at radius 2 is 2.05 bits per heavy atom. The van der Waals surface area contributed by atoms with Crippen LogP contribution in [0, 0.1) is 10.1 Å². The Bertz CT molecular complexity index is 617. The third-order valence-electron chi connectivity index (χ3n) is 2.80. The summed E-state index contributed by atoms with van der Waals surface area (Å²) in [4.78, 5) is 14.8. The van der Waals surface area contributed by atoms with Crippen LogP contribution in [-0.4, -0.2) is 16.5 Å². The smallest absolute Gasteiger partial charge is 0.310 e. The molecule has 1 aromatic heterocycles. The molecular weight excluding hydrogens is 270 g/mol. The van der Waals surface area contributed by atoms with Gasteiger partial charge in [-0.1, -0.05) is 25.1 Å². The molecule has 6 nitrogen and oxygen atoms in total. The normalized spacial score (nSPS) is 10.1. The molecule has 6 heteroatoms. The fraction of sp³-hybridized carbons (Fsp3) is 0.267. The largest absolute Gasteiger partial charge is 0.480 e. The van der Waals surface area contributed by atoms with Gasteiger partial charge in [0, 0.05) is 12.6 Å². The van der Waals surface area contributed by atoms with E-state index in [1.165, 1.54) is 6.07 Å². The maximum atomic E-state index is 10.9. The van der Waals surface area contributed by atoms with Gasteiger partial charge in [-0.25, -0.2) is 4.98 Å². The van der Waals surface area contributed by atoms with Crippen molar-refractivity contribution in [2.24, 2.45) is 0 Å². The summed E-state index contributed by atoms with van der Waals surface area (Å²) < 4.78 is 5.51. The van der Waals surface area contributed by atoms with Gasteiger partial charge >= 0.3 is 5.69 Å². The summed E-state index contributed by atoms with van der Waals surface area (Å²) in [6.45, 7) is 3.11. The monoisotopic (exact) mass is 287 g/mol. The van der Waals surface area contributed by atoms with Crippen LogP contribution in [0.5, 0.6) is 5.75 Å². The SMILES string of the molecule is CCCNc1cccc(COc2ccccc2[N+](=O)[O-])n1. The lowest BCUT2D eigenvalue weighted by Gasteiger charge is -2.08. The van der Waals surface area contributed by atoms with Gasteiger partial charge in [0.15, 0.2) is 5.75 Å². The molecule has 2 rings (SSSR count). The molecule has 0 saturated carbocycles. The van der Waals surface area contributed by atoms with Gasteiger partial charge < -0.3 is 10.1 Å². The van der Waals surface area contributed by atoms with E-state index >= 15 is 0 Å². The lowest BCUT2D eigenvalue weighted by Crippen LogP contribution is -2.05. The number of nitrogens with one attached hydrogen (secondary N) is 1. The lowest BCUT2D eigenvalue weighted by molar-refractivity contribution is -0.385. The Morgan fingerprint density at radius 3 is 2.81 bits per heavy atom. The van der Waals surface area contributed by atoms with E-state index < -0.39 is 4.92 Å². The molecule has 21 heavy (non-hydrogen) atoms. The first-order chi connectivity index (χ1) is 10.2. The van der Waals surface area contributed by atoms with Crippen molar-refractivity contribution >= 4 is 11.5 Å². The van der Waals surface area contributed by atoms with Crippen molar-refractivity contribution in [3.8, 4) is 5.75 Å². The minimum atomic E-state index is -0.456. The van der Waals surface area contributed by atoms with Gasteiger partial charge in [0.05, 0.1) is 10.6 Å². The lowest BCUT2D eigenvalue weighted by atomic mass is 10.3. The van der Waals surface area contributed by atoms with Gasteiger partial charge in [0.2, 0.25) is 0 Å². The van der Waals surface area contributed by atoms with Crippen LogP contribution in [-0.2, 0) is 6.61 Å². The van der Waals surface area contributed by atoms with Gasteiger partial charge in [-0.3, -0.25) is 10.1 Å². The van der Waals surface area contributed by atoms with Crippen LogP contribution in [0.15, 0.2) is 42.5 Å². The molecule has 110 valence electrons. The fourth-order valence-corrected chi connectivity index (χ4v) is 1.79. The van der Waals surface area contributed by atoms with Crippen molar-refractivity contribution in [1.29, 1.82) is 0 Å². The van der Waals surface area contributed by atoms with Crippen LogP contribution >= 0.6 is 0 Å². The number of benzene rings is 1. The Balaban J connectivity index is 2.05. The average molecular weight is 287 g/mol. The van der Waals surface area contributed by atoms with Crippen molar-refractivity contribution in [1.82, 2.24) is 4.98 Å². The molecule has 0 fully saturated rings. The first-order valence-corrected chi connectivity index (χ1v) is 6.76. The molecule has 0 aliphatic carbocycles. The molecule has 0 aliphatic rings. The molecule has 0 spiro atoms. The van der Waals surface area contributed by atoms with Gasteiger partial charge in [0.25, 0.3) is 0 Å². The summed E-state index contributed by atoms with van der Waals surface area (Å²) in [5.41, 5.74) is 0.673. The molecule has 1 heterocycles. The Hall–Kier alpha value is -2.63. The number of nitrogens with zero attached hydrogens (tertiary/aromatic N) is 2. The van der Waals surface area contributed by atoms with Crippen LogP contribution in [0.4, 0.5) is 11.5 Å². The van der Waals surface area contributed by atoms with E-state index in [9.17, 15) is 10.1 Å². The average Bonchev–Trinajstić information content (AvgIpc) is 2.51. The maximum absolute atomic E-state index is 10.9. The Morgan fingerprint density at radius 1 is 1.24 bits per heavy atom. The molecule has 0 atom stereocenters. The number of para-hydroxylation sites is 2. The molecule has 0 unspecified atom stereocenters. The molecule has 2 aromatic rings. The molecule has 0 saturated heterocycles. The molecule has 0 radical (unpaired) electrons. The van der Waals surface area contributed by atoms with E-state index in [0.29, 0.717) is 5.69 Å². The summed E-state index contributed by atoms with van der Waals surface area (Å²) in [7, 11) is 0. The van der Waals surface area contributed by atoms with Crippen molar-refractivity contribution in [3.63, 3.8) is 0 Å². The zero-order valence-corrected chi connectivity index (χ0v) is 11.8. The zero-order valence-electron chi connectivity index (χ0n) is 11.8. The zero-order chi connectivity index (χ0) is 15.1. The summed E-state index contributed by atoms with van der Waals surface area (Å²) in [5, 5.41) is 14.1. The highest BCUT2D eigenvalue weighted by molar-refractivity contribution is 5.45. The standard InChI is InChI=1S/C15H17N3O3/c1-2-10-16-15-9-5-6-12(17-15)11-21-14-8-4-3-7-13(14)18(19)20/h3-9H,2,10-11H2,1H3,(H,16,17). The number of hydrogen-bond donors (Lipinski definition) is 1. The molecule has 0 amide bonds. The molecular formula is C15H17N3O3. The third-order valence-corrected chi connectivity index (χ3v) is 2.80. The molecule has 1 N–H and O–H groups in total. The highest BCUT2D eigenvalue weighted by Gasteiger charge is 2.13. The summed E-state index contributed by atoms with van der Waals surface area (Å²) >= 11 is 0. The fourth-order valence-electron chi connectivity index (χ4n) is 1.79. The number of nitro groups is 1. The number of hydrogen-bond acceptors (Lipinski definition) is 5. The predicted octanol–water partition coefficient (Wildman–Crippen LogP) is 3.39. The highest BCUT2D eigenvalue weighted by Crippen LogP contribution is 2.26. The second-order valence-corrected chi connectivity index (χ2v) is 4.45. The summed E-state index contributed by atoms with van der Waals surface area (Å²) in [6, 6.07) is 11.9. The van der Waals surface area contributed by atoms with E-state index in [1.807, 2.05) is 18.2 Å². The van der Waals surface area contributed by atoms with E-state index in [1.54, 1.807) is 18.2 Å². The number of aromatic nitrogens is 1. The molecule has 0 bridgehead atoms. The third kappa shape index (κ3) is 4.17. The first-order valence-electron chi connectivity index (χ1n) is 6.76. The molecule has 1 aromatic carbocycles. The van der Waals surface area contributed by atoms with Crippen LogP contribution in [0.3, 0.4) is 0 Å². The maximum Gasteiger partial charge on any atom is 0.310 e. The van der Waals surface area contributed by atoms with Gasteiger partial charge in [-0.05, 0) is 24.6 Å². The number of anilines is 1. The van der Waals surface area contributed by atoms with E-state index in [0.717, 1.165) is 18.8 Å². The molecule has 0 aliphatic heterocycles. The van der Waals surface area contributed by atoms with Gasteiger partial charge in [0.1, 0.15) is 12.4 Å². The van der Waals surface area contributed by atoms with E-state index in [-0.39, 0.29) is 18.0 Å². The van der Waals surface area contributed by atoms with Gasteiger partial charge in [-0.15, -0.1) is 0 Å². The van der Waals surface area contributed by atoms with Crippen molar-refractivity contribution < 1.29 is 9.66 Å². The highest BCUT2D eigenvalue weighted by atomic mass is 16.6. The van der Waals surface area contributed by atoms with Crippen LogP contribution in [0.25, 0.3) is 0 Å². The second kappa shape index (κ2) is 7.23. The summed E-state index contributed by atoms with van der Waals surface area (Å²) in [5.74, 6) is 1.02. The Kier molecular flexibility index (Phi) is 5.09. The van der Waals surface area contributed by atoms with Crippen LogP contribution < -0.4 is 10.1 Å². The second-order valence-electron chi connectivity index (χ2n) is 4.45. The minimum Gasteiger partial charge on any atom is -0.480 e. The van der Waals surface area contributed by atoms with E-state index in [2.05, 4.69) is 17.2 Å². The number of ether oxygens (including phenoxy) is 1. The number of rotatable bonds is 7. The number of pyridine rings is 1. The first kappa shape index (κ1) is 14.8. The van der Waals surface area contributed by atoms with E-state index in [4.69, 9.17) is 4.74 Å². The number of nitro benzene ring substituents is 1. The minimum absolute atomic E-state index is 0.0437. The topological polar surface area (TPSA) is 77.3 Å². The Labute approximate surface area is 122 Å². The van der Waals surface area contributed by atoms with Crippen LogP contribution in [0.2, 0.25) is 0 Å². The van der Waals surface area contributed by atoms with Crippen molar-refractivity contribution in [3.05, 3.63) is 58.3 Å². The van der Waals surface area contributed by atoms with Crippen LogP contribution in [0.1, 0.15) is 19.0 Å². The van der Waals surface area contributed by atoms with Crippen molar-refractivity contribution in [2.75, 3.05) is 11.9 Å². The summed E-state index contributed by atoms with van der Waals surface area (Å²) in [6.07, 6.45) is 1.01. The van der Waals surface area contributed by atoms with Crippen molar-refractivity contribution in [2.45, 2.75) is 20.0 Å². The quantitative estimate of drug-likeness (QED) is 0.624. The predicted molar refractivity (Wildman–Crippen MR) is 80.4 cm³/mol.